The first-order valence-corrected chi connectivity index (χ1v) is 7.46. The lowest BCUT2D eigenvalue weighted by Crippen LogP contribution is -2.24. The van der Waals surface area contributed by atoms with Crippen LogP contribution in [0, 0.1) is 0 Å². The van der Waals surface area contributed by atoms with Gasteiger partial charge in [0.1, 0.15) is 0 Å². The van der Waals surface area contributed by atoms with Gasteiger partial charge in [-0.25, -0.2) is 0 Å². The molecular formula is C15H11Cl2N5O. The van der Waals surface area contributed by atoms with Gasteiger partial charge >= 0.3 is 0 Å². The number of halogens is 2. The molecule has 0 bridgehead atoms. The summed E-state index contributed by atoms with van der Waals surface area (Å²) in [4.78, 5) is 12.1. The molecule has 1 aromatic heterocycles. The van der Waals surface area contributed by atoms with E-state index < -0.39 is 0 Å². The minimum absolute atomic E-state index is 0.192. The first kappa shape index (κ1) is 15.5. The Hall–Kier alpha value is -2.44. The van der Waals surface area contributed by atoms with E-state index in [1.807, 2.05) is 0 Å². The number of hydrogen-bond acceptors (Lipinski definition) is 4. The summed E-state index contributed by atoms with van der Waals surface area (Å²) in [5, 5.41) is 15.5. The lowest BCUT2D eigenvalue weighted by atomic mass is 10.2. The van der Waals surface area contributed by atoms with Crippen molar-refractivity contribution >= 4 is 29.1 Å². The Kier molecular flexibility index (Phi) is 4.55. The maximum absolute atomic E-state index is 12.1. The Morgan fingerprint density at radius 2 is 1.61 bits per heavy atom. The number of carbonyl (C=O) groups excluding carboxylic acids is 1. The Labute approximate surface area is 142 Å². The molecule has 0 aliphatic rings. The summed E-state index contributed by atoms with van der Waals surface area (Å²) < 4.78 is 1.54. The van der Waals surface area contributed by atoms with Gasteiger partial charge in [0.2, 0.25) is 0 Å². The highest BCUT2D eigenvalue weighted by Crippen LogP contribution is 2.13. The van der Waals surface area contributed by atoms with Crippen LogP contribution >= 0.6 is 23.2 Å². The molecule has 0 spiro atoms. The second-order valence-corrected chi connectivity index (χ2v) is 5.55. The van der Waals surface area contributed by atoms with Crippen molar-refractivity contribution in [1.29, 1.82) is 0 Å². The van der Waals surface area contributed by atoms with Gasteiger partial charge in [-0.1, -0.05) is 23.2 Å². The van der Waals surface area contributed by atoms with Crippen LogP contribution in [0.25, 0.3) is 5.69 Å². The molecule has 0 saturated carbocycles. The zero-order chi connectivity index (χ0) is 16.2. The lowest BCUT2D eigenvalue weighted by Gasteiger charge is -2.06. The first-order valence-electron chi connectivity index (χ1n) is 6.70. The monoisotopic (exact) mass is 347 g/mol. The minimum Gasteiger partial charge on any atom is -0.345 e. The number of carbonyl (C=O) groups is 1. The summed E-state index contributed by atoms with van der Waals surface area (Å²) in [6.07, 6.45) is 0. The predicted octanol–water partition coefficient (Wildman–Crippen LogP) is 2.90. The molecule has 23 heavy (non-hydrogen) atoms. The average Bonchev–Trinajstić information content (AvgIpc) is 3.02. The lowest BCUT2D eigenvalue weighted by molar-refractivity contribution is 0.0949. The quantitative estimate of drug-likeness (QED) is 0.787. The van der Waals surface area contributed by atoms with Crippen LogP contribution in [0.5, 0.6) is 0 Å². The van der Waals surface area contributed by atoms with Gasteiger partial charge in [-0.2, -0.15) is 4.68 Å². The molecule has 0 aliphatic heterocycles. The molecule has 1 heterocycles. The zero-order valence-electron chi connectivity index (χ0n) is 11.8. The summed E-state index contributed by atoms with van der Waals surface area (Å²) in [7, 11) is 0. The number of rotatable bonds is 4. The van der Waals surface area contributed by atoms with E-state index in [0.29, 0.717) is 21.4 Å². The fourth-order valence-electron chi connectivity index (χ4n) is 1.96. The number of benzene rings is 2. The van der Waals surface area contributed by atoms with Gasteiger partial charge in [0.05, 0.1) is 12.2 Å². The molecular weight excluding hydrogens is 337 g/mol. The average molecular weight is 348 g/mol. The molecule has 0 fully saturated rings. The van der Waals surface area contributed by atoms with Gasteiger partial charge in [0.25, 0.3) is 5.91 Å². The third kappa shape index (κ3) is 3.67. The highest BCUT2D eigenvalue weighted by atomic mass is 35.5. The number of aromatic nitrogens is 4. The van der Waals surface area contributed by atoms with Crippen LogP contribution in [0.4, 0.5) is 0 Å². The molecule has 116 valence electrons. The molecule has 1 amide bonds. The number of amides is 1. The highest BCUT2D eigenvalue weighted by molar-refractivity contribution is 6.30. The van der Waals surface area contributed by atoms with Crippen LogP contribution < -0.4 is 5.32 Å². The van der Waals surface area contributed by atoms with Gasteiger partial charge in [0, 0.05) is 15.6 Å². The normalized spacial score (nSPS) is 10.5. The Balaban J connectivity index is 1.72. The minimum atomic E-state index is -0.229. The van der Waals surface area contributed by atoms with E-state index in [2.05, 4.69) is 20.8 Å². The van der Waals surface area contributed by atoms with Gasteiger partial charge in [-0.05, 0) is 59.0 Å². The summed E-state index contributed by atoms with van der Waals surface area (Å²) in [6.45, 7) is 0.192. The maximum atomic E-state index is 12.1. The van der Waals surface area contributed by atoms with Gasteiger partial charge in [-0.3, -0.25) is 4.79 Å². The molecule has 0 aliphatic carbocycles. The number of nitrogens with zero attached hydrogens (tertiary/aromatic N) is 4. The van der Waals surface area contributed by atoms with Gasteiger partial charge in [0.15, 0.2) is 5.82 Å². The van der Waals surface area contributed by atoms with Crippen molar-refractivity contribution in [2.24, 2.45) is 0 Å². The topological polar surface area (TPSA) is 72.7 Å². The van der Waals surface area contributed by atoms with E-state index in [0.717, 1.165) is 5.69 Å². The molecule has 0 atom stereocenters. The van der Waals surface area contributed by atoms with Crippen LogP contribution in [-0.2, 0) is 6.54 Å². The fourth-order valence-corrected chi connectivity index (χ4v) is 2.21. The second kappa shape index (κ2) is 6.76. The van der Waals surface area contributed by atoms with Gasteiger partial charge < -0.3 is 5.32 Å². The summed E-state index contributed by atoms with van der Waals surface area (Å²) in [5.41, 5.74) is 1.27. The largest absolute Gasteiger partial charge is 0.345 e. The maximum Gasteiger partial charge on any atom is 0.251 e. The van der Waals surface area contributed by atoms with Crippen LogP contribution in [0.15, 0.2) is 48.5 Å². The third-order valence-electron chi connectivity index (χ3n) is 3.12. The van der Waals surface area contributed by atoms with Crippen LogP contribution in [0.3, 0.4) is 0 Å². The van der Waals surface area contributed by atoms with Crippen molar-refractivity contribution in [2.45, 2.75) is 6.54 Å². The SMILES string of the molecule is O=C(NCc1nnnn1-c1ccc(Cl)cc1)c1ccc(Cl)cc1. The first-order chi connectivity index (χ1) is 11.1. The second-order valence-electron chi connectivity index (χ2n) is 4.67. The standard InChI is InChI=1S/C15H11Cl2N5O/c16-11-3-1-10(2-4-11)15(23)18-9-14-19-20-21-22(14)13-7-5-12(17)6-8-13/h1-8H,9H2,(H,18,23). The summed E-state index contributed by atoms with van der Waals surface area (Å²) in [6, 6.07) is 13.7. The Bertz CT molecular complexity index is 815. The summed E-state index contributed by atoms with van der Waals surface area (Å²) >= 11 is 11.7. The van der Waals surface area contributed by atoms with Gasteiger partial charge in [-0.15, -0.1) is 5.10 Å². The van der Waals surface area contributed by atoms with Crippen LogP contribution in [0.2, 0.25) is 10.0 Å². The van der Waals surface area contributed by atoms with E-state index in [-0.39, 0.29) is 12.5 Å². The smallest absolute Gasteiger partial charge is 0.251 e. The van der Waals surface area contributed by atoms with E-state index in [1.54, 1.807) is 53.2 Å². The number of hydrogen-bond donors (Lipinski definition) is 1. The molecule has 1 N–H and O–H groups in total. The van der Waals surface area contributed by atoms with Crippen molar-refractivity contribution in [1.82, 2.24) is 25.5 Å². The zero-order valence-corrected chi connectivity index (χ0v) is 13.3. The van der Waals surface area contributed by atoms with Crippen molar-refractivity contribution < 1.29 is 4.79 Å². The molecule has 0 saturated heterocycles. The highest BCUT2D eigenvalue weighted by Gasteiger charge is 2.11. The molecule has 2 aromatic carbocycles. The predicted molar refractivity (Wildman–Crippen MR) is 86.8 cm³/mol. The number of tetrazole rings is 1. The number of nitrogens with one attached hydrogen (secondary N) is 1. The Morgan fingerprint density at radius 3 is 2.26 bits per heavy atom. The molecule has 3 rings (SSSR count). The van der Waals surface area contributed by atoms with Crippen molar-refractivity contribution in [3.05, 3.63) is 70.0 Å². The Morgan fingerprint density at radius 1 is 1.00 bits per heavy atom. The van der Waals surface area contributed by atoms with E-state index >= 15 is 0 Å². The van der Waals surface area contributed by atoms with Crippen molar-refractivity contribution in [2.75, 3.05) is 0 Å². The van der Waals surface area contributed by atoms with Crippen LogP contribution in [-0.4, -0.2) is 26.1 Å². The molecule has 0 radical (unpaired) electrons. The van der Waals surface area contributed by atoms with E-state index in [4.69, 9.17) is 23.2 Å². The van der Waals surface area contributed by atoms with Crippen LogP contribution in [0.1, 0.15) is 16.2 Å². The third-order valence-corrected chi connectivity index (χ3v) is 3.62. The molecule has 6 nitrogen and oxygen atoms in total. The molecule has 0 unspecified atom stereocenters. The molecule has 3 aromatic rings. The molecule has 8 heteroatoms. The van der Waals surface area contributed by atoms with E-state index in [1.165, 1.54) is 0 Å². The van der Waals surface area contributed by atoms with Crippen molar-refractivity contribution in [3.63, 3.8) is 0 Å². The summed E-state index contributed by atoms with van der Waals surface area (Å²) in [5.74, 6) is 0.280. The van der Waals surface area contributed by atoms with Crippen molar-refractivity contribution in [3.8, 4) is 5.69 Å². The fraction of sp³-hybridized carbons (Fsp3) is 0.0667. The van der Waals surface area contributed by atoms with E-state index in [9.17, 15) is 4.79 Å².